The van der Waals surface area contributed by atoms with Crippen molar-refractivity contribution >= 4 is 5.78 Å². The van der Waals surface area contributed by atoms with E-state index in [0.717, 1.165) is 19.5 Å². The summed E-state index contributed by atoms with van der Waals surface area (Å²) in [6.07, 6.45) is 3.02. The summed E-state index contributed by atoms with van der Waals surface area (Å²) in [5.74, 6) is 0.113. The van der Waals surface area contributed by atoms with Crippen LogP contribution in [0, 0.1) is 0 Å². The van der Waals surface area contributed by atoms with Crippen molar-refractivity contribution in [1.29, 1.82) is 0 Å². The van der Waals surface area contributed by atoms with Gasteiger partial charge in [-0.25, -0.2) is 4.68 Å². The van der Waals surface area contributed by atoms with Crippen molar-refractivity contribution in [3.8, 4) is 0 Å². The van der Waals surface area contributed by atoms with Crippen LogP contribution in [0.3, 0.4) is 0 Å². The minimum atomic E-state index is 0.113. The molecule has 0 amide bonds. The van der Waals surface area contributed by atoms with Gasteiger partial charge in [-0.15, -0.1) is 5.10 Å². The molecule has 1 rings (SSSR count). The third-order valence-corrected chi connectivity index (χ3v) is 2.12. The van der Waals surface area contributed by atoms with E-state index in [0.29, 0.717) is 12.1 Å². The van der Waals surface area contributed by atoms with E-state index >= 15 is 0 Å². The molecule has 15 heavy (non-hydrogen) atoms. The molecule has 0 bridgehead atoms. The number of hydrogen-bond acceptors (Lipinski definition) is 4. The van der Waals surface area contributed by atoms with Crippen LogP contribution in [0.25, 0.3) is 0 Å². The first-order valence-corrected chi connectivity index (χ1v) is 5.21. The highest BCUT2D eigenvalue weighted by Crippen LogP contribution is 2.02. The Bertz CT molecular complexity index is 319. The molecule has 0 aliphatic carbocycles. The summed E-state index contributed by atoms with van der Waals surface area (Å²) in [6.45, 7) is 3.56. The Labute approximate surface area is 90.1 Å². The Hall–Kier alpha value is -1.23. The van der Waals surface area contributed by atoms with Crippen molar-refractivity contribution in [3.63, 3.8) is 0 Å². The van der Waals surface area contributed by atoms with Gasteiger partial charge in [-0.2, -0.15) is 0 Å². The number of aryl methyl sites for hydroxylation is 1. The molecule has 84 valence electrons. The third kappa shape index (κ3) is 3.43. The molecule has 0 N–H and O–H groups in total. The van der Waals surface area contributed by atoms with E-state index in [4.69, 9.17) is 0 Å². The Morgan fingerprint density at radius 3 is 2.87 bits per heavy atom. The summed E-state index contributed by atoms with van der Waals surface area (Å²) in [5.41, 5.74) is 0.624. The van der Waals surface area contributed by atoms with Crippen molar-refractivity contribution in [1.82, 2.24) is 19.9 Å². The summed E-state index contributed by atoms with van der Waals surface area (Å²) in [4.78, 5) is 13.8. The lowest BCUT2D eigenvalue weighted by Crippen LogP contribution is -2.18. The second-order valence-corrected chi connectivity index (χ2v) is 3.82. The van der Waals surface area contributed by atoms with Crippen LogP contribution in [-0.2, 0) is 6.54 Å². The monoisotopic (exact) mass is 210 g/mol. The van der Waals surface area contributed by atoms with E-state index in [1.807, 2.05) is 19.0 Å². The number of aromatic nitrogens is 3. The van der Waals surface area contributed by atoms with E-state index in [-0.39, 0.29) is 5.78 Å². The van der Waals surface area contributed by atoms with Crippen LogP contribution >= 0.6 is 0 Å². The quantitative estimate of drug-likeness (QED) is 0.652. The highest BCUT2D eigenvalue weighted by Gasteiger charge is 2.12. The number of Topliss-reactive ketones (excluding diaryl/α,β-unsaturated/α-hetero) is 1. The fraction of sp³-hybridized carbons (Fsp3) is 0.700. The molecule has 0 spiro atoms. The predicted octanol–water partition coefficient (Wildman–Crippen LogP) is 0.823. The largest absolute Gasteiger partial charge is 0.309 e. The molecule has 0 atom stereocenters. The van der Waals surface area contributed by atoms with Gasteiger partial charge in [0.2, 0.25) is 0 Å². The van der Waals surface area contributed by atoms with Gasteiger partial charge in [0.05, 0.1) is 6.20 Å². The Morgan fingerprint density at radius 1 is 1.53 bits per heavy atom. The third-order valence-electron chi connectivity index (χ3n) is 2.12. The smallest absolute Gasteiger partial charge is 0.183 e. The van der Waals surface area contributed by atoms with Crippen LogP contribution in [0.5, 0.6) is 0 Å². The van der Waals surface area contributed by atoms with E-state index in [1.165, 1.54) is 0 Å². The number of nitrogens with zero attached hydrogens (tertiary/aromatic N) is 4. The van der Waals surface area contributed by atoms with Gasteiger partial charge in [0, 0.05) is 19.5 Å². The normalized spacial score (nSPS) is 10.9. The number of carbonyl (C=O) groups excluding carboxylic acids is 1. The number of ketones is 1. The van der Waals surface area contributed by atoms with Gasteiger partial charge < -0.3 is 4.90 Å². The average Bonchev–Trinajstić information content (AvgIpc) is 2.63. The van der Waals surface area contributed by atoms with Crippen molar-refractivity contribution in [2.45, 2.75) is 26.3 Å². The molecule has 1 aromatic heterocycles. The summed E-state index contributed by atoms with van der Waals surface area (Å²) in [5, 5.41) is 7.65. The van der Waals surface area contributed by atoms with E-state index in [1.54, 1.807) is 10.9 Å². The minimum Gasteiger partial charge on any atom is -0.309 e. The second-order valence-electron chi connectivity index (χ2n) is 3.82. The van der Waals surface area contributed by atoms with Gasteiger partial charge >= 0.3 is 0 Å². The van der Waals surface area contributed by atoms with Crippen molar-refractivity contribution in [3.05, 3.63) is 11.9 Å². The average molecular weight is 210 g/mol. The topological polar surface area (TPSA) is 51.0 Å². The summed E-state index contributed by atoms with van der Waals surface area (Å²) < 4.78 is 1.68. The molecular weight excluding hydrogens is 192 g/mol. The molecule has 5 heteroatoms. The first kappa shape index (κ1) is 11.8. The van der Waals surface area contributed by atoms with Crippen LogP contribution in [0.1, 0.15) is 30.3 Å². The van der Waals surface area contributed by atoms with Crippen LogP contribution in [0.2, 0.25) is 0 Å². The standard InChI is InChI=1S/C10H18N4O/c1-4-6-14-9(8-11-12-14)10(15)5-7-13(2)3/h8H,4-7H2,1-3H3. The van der Waals surface area contributed by atoms with Gasteiger partial charge in [0.1, 0.15) is 5.69 Å². The van der Waals surface area contributed by atoms with Crippen LogP contribution < -0.4 is 0 Å². The SMILES string of the molecule is CCCn1nncc1C(=O)CCN(C)C. The number of carbonyl (C=O) groups is 1. The van der Waals surface area contributed by atoms with Crippen molar-refractivity contribution in [2.75, 3.05) is 20.6 Å². The second kappa shape index (κ2) is 5.60. The van der Waals surface area contributed by atoms with Gasteiger partial charge in [-0.05, 0) is 20.5 Å². The van der Waals surface area contributed by atoms with Crippen LogP contribution in [0.4, 0.5) is 0 Å². The highest BCUT2D eigenvalue weighted by molar-refractivity contribution is 5.94. The zero-order valence-electron chi connectivity index (χ0n) is 9.60. The molecule has 0 radical (unpaired) electrons. The molecule has 0 fully saturated rings. The Kier molecular flexibility index (Phi) is 4.42. The minimum absolute atomic E-state index is 0.113. The van der Waals surface area contributed by atoms with Crippen molar-refractivity contribution < 1.29 is 4.79 Å². The highest BCUT2D eigenvalue weighted by atomic mass is 16.1. The number of rotatable bonds is 6. The summed E-state index contributed by atoms with van der Waals surface area (Å²) in [7, 11) is 3.91. The Morgan fingerprint density at radius 2 is 2.27 bits per heavy atom. The van der Waals surface area contributed by atoms with Crippen molar-refractivity contribution in [2.24, 2.45) is 0 Å². The molecule has 1 heterocycles. The first-order chi connectivity index (χ1) is 7.15. The zero-order valence-corrected chi connectivity index (χ0v) is 9.60. The zero-order chi connectivity index (χ0) is 11.3. The lowest BCUT2D eigenvalue weighted by molar-refractivity contribution is 0.0962. The van der Waals surface area contributed by atoms with E-state index in [2.05, 4.69) is 17.2 Å². The van der Waals surface area contributed by atoms with Gasteiger partial charge in [-0.1, -0.05) is 12.1 Å². The summed E-state index contributed by atoms with van der Waals surface area (Å²) >= 11 is 0. The van der Waals surface area contributed by atoms with E-state index in [9.17, 15) is 4.79 Å². The fourth-order valence-electron chi connectivity index (χ4n) is 1.30. The maximum absolute atomic E-state index is 11.8. The summed E-state index contributed by atoms with van der Waals surface area (Å²) in [6, 6.07) is 0. The first-order valence-electron chi connectivity index (χ1n) is 5.21. The van der Waals surface area contributed by atoms with Gasteiger partial charge in [0.15, 0.2) is 5.78 Å². The maximum Gasteiger partial charge on any atom is 0.183 e. The van der Waals surface area contributed by atoms with Gasteiger partial charge in [-0.3, -0.25) is 4.79 Å². The van der Waals surface area contributed by atoms with Crippen LogP contribution in [-0.4, -0.2) is 46.3 Å². The molecule has 0 saturated heterocycles. The molecule has 0 saturated carbocycles. The fourth-order valence-corrected chi connectivity index (χ4v) is 1.30. The molecule has 5 nitrogen and oxygen atoms in total. The number of hydrogen-bond donors (Lipinski definition) is 0. The maximum atomic E-state index is 11.8. The molecule has 0 unspecified atom stereocenters. The van der Waals surface area contributed by atoms with Gasteiger partial charge in [0.25, 0.3) is 0 Å². The molecular formula is C10H18N4O. The predicted molar refractivity (Wildman–Crippen MR) is 57.8 cm³/mol. The molecule has 1 aromatic rings. The lowest BCUT2D eigenvalue weighted by Gasteiger charge is -2.08. The van der Waals surface area contributed by atoms with E-state index < -0.39 is 0 Å². The molecule has 0 aliphatic rings. The Balaban J connectivity index is 2.60. The molecule has 0 aliphatic heterocycles. The lowest BCUT2D eigenvalue weighted by atomic mass is 10.2. The van der Waals surface area contributed by atoms with Crippen LogP contribution in [0.15, 0.2) is 6.20 Å². The molecule has 0 aromatic carbocycles.